The lowest BCUT2D eigenvalue weighted by Gasteiger charge is -2.27. The molecule has 0 aromatic carbocycles. The minimum atomic E-state index is -3.98. The van der Waals surface area contributed by atoms with Crippen LogP contribution in [0, 0.1) is 5.41 Å². The third kappa shape index (κ3) is 5.16. The van der Waals surface area contributed by atoms with Gasteiger partial charge < -0.3 is 9.50 Å². The smallest absolute Gasteiger partial charge is 0.327 e. The molecule has 0 spiro atoms. The summed E-state index contributed by atoms with van der Waals surface area (Å²) in [7, 11) is -3.98. The van der Waals surface area contributed by atoms with E-state index in [-0.39, 0.29) is 22.5 Å². The normalized spacial score (nSPS) is 18.1. The van der Waals surface area contributed by atoms with E-state index in [9.17, 15) is 18.0 Å². The third-order valence-corrected chi connectivity index (χ3v) is 3.62. The number of hydrogen-bond acceptors (Lipinski definition) is 5. The fraction of sp³-hybridized carbons (Fsp3) is 0.538. The van der Waals surface area contributed by atoms with Crippen molar-refractivity contribution in [3.63, 3.8) is 0 Å². The number of amides is 1. The Bertz CT molecular complexity index is 572. The molecule has 20 heavy (non-hydrogen) atoms. The number of hydrogen-bond donors (Lipinski definition) is 1. The van der Waals surface area contributed by atoms with E-state index in [0.29, 0.717) is 12.8 Å². The average Bonchev–Trinajstić information content (AvgIpc) is 2.21. The minimum Gasteiger partial charge on any atom is -0.386 e. The summed E-state index contributed by atoms with van der Waals surface area (Å²) in [5, 5.41) is 2.18. The molecule has 1 aliphatic rings. The minimum absolute atomic E-state index is 0.107. The van der Waals surface area contributed by atoms with E-state index in [1.807, 2.05) is 13.8 Å². The van der Waals surface area contributed by atoms with Crippen LogP contribution >= 0.6 is 0 Å². The number of allylic oxidation sites excluding steroid dienone is 2. The quantitative estimate of drug-likeness (QED) is 0.610. The van der Waals surface area contributed by atoms with Gasteiger partial charge in [0.25, 0.3) is 0 Å². The fourth-order valence-corrected chi connectivity index (χ4v) is 2.64. The molecule has 0 saturated carbocycles. The highest BCUT2D eigenvalue weighted by Crippen LogP contribution is 2.34. The first kappa shape index (κ1) is 16.4. The van der Waals surface area contributed by atoms with Crippen LogP contribution in [0.25, 0.3) is 0 Å². The maximum absolute atomic E-state index is 11.7. The average molecular weight is 301 g/mol. The van der Waals surface area contributed by atoms with Crippen molar-refractivity contribution in [1.29, 1.82) is 0 Å². The number of ketones is 1. The van der Waals surface area contributed by atoms with Crippen LogP contribution in [-0.2, 0) is 23.9 Å². The van der Waals surface area contributed by atoms with Gasteiger partial charge in [-0.3, -0.25) is 9.59 Å². The molecule has 1 amide bonds. The lowest BCUT2D eigenvalue weighted by Crippen LogP contribution is -2.31. The van der Waals surface area contributed by atoms with Gasteiger partial charge >= 0.3 is 10.1 Å². The molecule has 0 aliphatic heterocycles. The first-order chi connectivity index (χ1) is 9.01. The molecular formula is C13H19NO5S. The van der Waals surface area contributed by atoms with E-state index in [4.69, 9.17) is 4.18 Å². The first-order valence-corrected chi connectivity index (χ1v) is 7.68. The van der Waals surface area contributed by atoms with Crippen molar-refractivity contribution in [2.45, 2.75) is 33.6 Å². The molecule has 0 heterocycles. The van der Waals surface area contributed by atoms with E-state index in [1.165, 1.54) is 13.0 Å². The summed E-state index contributed by atoms with van der Waals surface area (Å²) in [6, 6.07) is 0. The molecule has 0 saturated heterocycles. The molecule has 1 N–H and O–H groups in total. The Morgan fingerprint density at radius 3 is 2.55 bits per heavy atom. The van der Waals surface area contributed by atoms with Crippen LogP contribution in [-0.4, -0.2) is 26.0 Å². The zero-order valence-corrected chi connectivity index (χ0v) is 12.7. The molecular weight excluding hydrogens is 282 g/mol. The van der Waals surface area contributed by atoms with Gasteiger partial charge in [-0.1, -0.05) is 20.4 Å². The summed E-state index contributed by atoms with van der Waals surface area (Å²) in [5.74, 6) is -1.29. The van der Waals surface area contributed by atoms with Gasteiger partial charge in [0.15, 0.2) is 11.7 Å². The summed E-state index contributed by atoms with van der Waals surface area (Å²) in [5.41, 5.74) is -0.133. The van der Waals surface area contributed by atoms with Gasteiger partial charge in [-0.05, 0) is 12.3 Å². The van der Waals surface area contributed by atoms with Gasteiger partial charge in [0.2, 0.25) is 5.91 Å². The van der Waals surface area contributed by atoms with E-state index in [2.05, 4.69) is 11.9 Å². The van der Waals surface area contributed by atoms with Gasteiger partial charge in [0.05, 0.1) is 0 Å². The Morgan fingerprint density at radius 1 is 1.45 bits per heavy atom. The van der Waals surface area contributed by atoms with E-state index in [1.54, 1.807) is 0 Å². The van der Waals surface area contributed by atoms with Gasteiger partial charge in [0.1, 0.15) is 5.76 Å². The second-order valence-corrected chi connectivity index (χ2v) is 7.24. The number of rotatable bonds is 5. The largest absolute Gasteiger partial charge is 0.386 e. The second-order valence-electron chi connectivity index (χ2n) is 5.67. The zero-order chi connectivity index (χ0) is 15.6. The highest BCUT2D eigenvalue weighted by atomic mass is 32.2. The lowest BCUT2D eigenvalue weighted by molar-refractivity contribution is -0.118. The number of nitrogens with one attached hydrogen (secondary N) is 1. The van der Waals surface area contributed by atoms with E-state index < -0.39 is 21.9 Å². The standard InChI is InChI=1S/C13H19NO5S/c1-9(2)12(16)14-8-20(17,18)19-11-5-10(15)6-13(3,4)7-11/h5H,1,6-8H2,2-4H3,(H,14,16). The molecule has 0 unspecified atom stereocenters. The maximum Gasteiger partial charge on any atom is 0.327 e. The van der Waals surface area contributed by atoms with Gasteiger partial charge in [-0.25, -0.2) is 0 Å². The lowest BCUT2D eigenvalue weighted by atomic mass is 9.80. The van der Waals surface area contributed by atoms with Crippen LogP contribution in [0.2, 0.25) is 0 Å². The molecule has 6 nitrogen and oxygen atoms in total. The number of carbonyl (C=O) groups excluding carboxylic acids is 2. The molecule has 112 valence electrons. The van der Waals surface area contributed by atoms with Crippen molar-refractivity contribution in [2.75, 3.05) is 5.88 Å². The van der Waals surface area contributed by atoms with Crippen molar-refractivity contribution in [3.8, 4) is 0 Å². The molecule has 1 aliphatic carbocycles. The third-order valence-electron chi connectivity index (χ3n) is 2.66. The second kappa shape index (κ2) is 5.78. The van der Waals surface area contributed by atoms with Crippen molar-refractivity contribution >= 4 is 21.8 Å². The monoisotopic (exact) mass is 301 g/mol. The Kier molecular flexibility index (Phi) is 4.75. The summed E-state index contributed by atoms with van der Waals surface area (Å²) >= 11 is 0. The van der Waals surface area contributed by atoms with E-state index >= 15 is 0 Å². The predicted octanol–water partition coefficient (Wildman–Crippen LogP) is 1.26. The van der Waals surface area contributed by atoms with E-state index in [0.717, 1.165) is 0 Å². The Morgan fingerprint density at radius 2 is 2.05 bits per heavy atom. The van der Waals surface area contributed by atoms with Crippen molar-refractivity contribution in [1.82, 2.24) is 5.32 Å². The highest BCUT2D eigenvalue weighted by Gasteiger charge is 2.30. The topological polar surface area (TPSA) is 89.5 Å². The molecule has 0 radical (unpaired) electrons. The van der Waals surface area contributed by atoms with Gasteiger partial charge in [0, 0.05) is 24.5 Å². The molecule has 7 heteroatoms. The zero-order valence-electron chi connectivity index (χ0n) is 11.9. The van der Waals surface area contributed by atoms with Crippen molar-refractivity contribution in [2.24, 2.45) is 5.41 Å². The molecule has 0 atom stereocenters. The Labute approximate surface area is 119 Å². The fourth-order valence-electron chi connectivity index (χ4n) is 1.84. The molecule has 0 aromatic heterocycles. The van der Waals surface area contributed by atoms with Crippen LogP contribution in [0.5, 0.6) is 0 Å². The van der Waals surface area contributed by atoms with Crippen molar-refractivity contribution < 1.29 is 22.2 Å². The first-order valence-electron chi connectivity index (χ1n) is 6.10. The molecule has 1 rings (SSSR count). The molecule has 0 aromatic rings. The Hall–Kier alpha value is -1.63. The molecule has 0 bridgehead atoms. The predicted molar refractivity (Wildman–Crippen MR) is 73.9 cm³/mol. The van der Waals surface area contributed by atoms with Gasteiger partial charge in [-0.15, -0.1) is 0 Å². The van der Waals surface area contributed by atoms with Gasteiger partial charge in [-0.2, -0.15) is 8.42 Å². The summed E-state index contributed by atoms with van der Waals surface area (Å²) in [6.45, 7) is 8.58. The van der Waals surface area contributed by atoms with Crippen LogP contribution < -0.4 is 5.32 Å². The summed E-state index contributed by atoms with van der Waals surface area (Å²) in [4.78, 5) is 22.7. The highest BCUT2D eigenvalue weighted by molar-refractivity contribution is 7.86. The van der Waals surface area contributed by atoms with Crippen molar-refractivity contribution in [3.05, 3.63) is 24.0 Å². The Balaban J connectivity index is 2.69. The van der Waals surface area contributed by atoms with Crippen LogP contribution in [0.1, 0.15) is 33.6 Å². The van der Waals surface area contributed by atoms with Crippen LogP contribution in [0.3, 0.4) is 0 Å². The summed E-state index contributed by atoms with van der Waals surface area (Å²) in [6.07, 6.45) is 1.90. The van der Waals surface area contributed by atoms with Crippen LogP contribution in [0.4, 0.5) is 0 Å². The maximum atomic E-state index is 11.7. The number of carbonyl (C=O) groups is 2. The SMILES string of the molecule is C=C(C)C(=O)NCS(=O)(=O)OC1=CC(=O)CC(C)(C)C1. The summed E-state index contributed by atoms with van der Waals surface area (Å²) < 4.78 is 28.3. The molecule has 0 fully saturated rings. The van der Waals surface area contributed by atoms with Crippen LogP contribution in [0.15, 0.2) is 24.0 Å².